The predicted molar refractivity (Wildman–Crippen MR) is 248 cm³/mol. The summed E-state index contributed by atoms with van der Waals surface area (Å²) in [6, 6.07) is 36.1. The summed E-state index contributed by atoms with van der Waals surface area (Å²) in [6.07, 6.45) is 35.2. The summed E-state index contributed by atoms with van der Waals surface area (Å²) in [4.78, 5) is 0. The summed E-state index contributed by atoms with van der Waals surface area (Å²) in [7, 11) is 0. The van der Waals surface area contributed by atoms with Crippen LogP contribution in [0.25, 0.3) is 0 Å². The molecule has 0 aromatic heterocycles. The van der Waals surface area contributed by atoms with Gasteiger partial charge in [-0.25, -0.2) is 0 Å². The first-order valence-corrected chi connectivity index (χ1v) is 23.5. The molecule has 0 aliphatic heterocycles. The number of hydrogen-bond donors (Lipinski definition) is 2. The Labute approximate surface area is 344 Å². The molecule has 0 bridgehead atoms. The molecule has 2 heteroatoms. The van der Waals surface area contributed by atoms with Crippen molar-refractivity contribution in [1.29, 1.82) is 0 Å². The van der Waals surface area contributed by atoms with E-state index in [9.17, 15) is 0 Å². The first-order valence-electron chi connectivity index (χ1n) is 23.5. The number of anilines is 2. The lowest BCUT2D eigenvalue weighted by Gasteiger charge is -2.18. The van der Waals surface area contributed by atoms with Crippen molar-refractivity contribution >= 4 is 11.4 Å². The van der Waals surface area contributed by atoms with Gasteiger partial charge in [-0.15, -0.1) is 0 Å². The molecular weight excluding hydrogens is 677 g/mol. The second-order valence-corrected chi connectivity index (χ2v) is 17.1. The summed E-state index contributed by atoms with van der Waals surface area (Å²) in [5.41, 5.74) is 22.3. The highest BCUT2D eigenvalue weighted by Gasteiger charge is 2.15. The van der Waals surface area contributed by atoms with Gasteiger partial charge in [0.15, 0.2) is 0 Å². The first-order chi connectivity index (χ1) is 27.6. The second-order valence-electron chi connectivity index (χ2n) is 17.1. The van der Waals surface area contributed by atoms with Crippen LogP contribution in [0.3, 0.4) is 0 Å². The molecule has 306 valence electrons. The molecule has 0 saturated heterocycles. The molecule has 0 aliphatic rings. The number of nitrogen functional groups attached to an aromatic ring is 2. The van der Waals surface area contributed by atoms with E-state index in [1.807, 2.05) is 24.3 Å². The van der Waals surface area contributed by atoms with E-state index in [-0.39, 0.29) is 0 Å². The minimum atomic E-state index is 0.471. The molecule has 2 unspecified atom stereocenters. The topological polar surface area (TPSA) is 52.0 Å². The smallest absolute Gasteiger partial charge is 0.0314 e. The van der Waals surface area contributed by atoms with Crippen LogP contribution < -0.4 is 11.5 Å². The second kappa shape index (κ2) is 28.0. The third-order valence-electron chi connectivity index (χ3n) is 12.3. The van der Waals surface area contributed by atoms with Crippen molar-refractivity contribution in [3.05, 3.63) is 130 Å². The van der Waals surface area contributed by atoms with Gasteiger partial charge in [-0.1, -0.05) is 215 Å². The lowest BCUT2D eigenvalue weighted by molar-refractivity contribution is 0.524. The Balaban J connectivity index is 0.916. The molecule has 2 nitrogen and oxygen atoms in total. The van der Waals surface area contributed by atoms with Gasteiger partial charge in [0.25, 0.3) is 0 Å². The van der Waals surface area contributed by atoms with E-state index < -0.39 is 0 Å². The number of hydrogen-bond acceptors (Lipinski definition) is 2. The van der Waals surface area contributed by atoms with Crippen LogP contribution in [0.4, 0.5) is 11.4 Å². The molecule has 4 aromatic carbocycles. The van der Waals surface area contributed by atoms with Gasteiger partial charge in [0.1, 0.15) is 0 Å². The van der Waals surface area contributed by atoms with E-state index in [0.29, 0.717) is 11.8 Å². The van der Waals surface area contributed by atoms with E-state index >= 15 is 0 Å². The van der Waals surface area contributed by atoms with Crippen LogP contribution in [0.1, 0.15) is 213 Å². The van der Waals surface area contributed by atoms with Crippen LogP contribution in [0.15, 0.2) is 97.1 Å². The zero-order valence-electron chi connectivity index (χ0n) is 35.9. The lowest BCUT2D eigenvalue weighted by Crippen LogP contribution is -2.02. The molecule has 4 N–H and O–H groups in total. The van der Waals surface area contributed by atoms with Gasteiger partial charge in [0.05, 0.1) is 0 Å². The Bertz CT molecular complexity index is 1400. The summed E-state index contributed by atoms with van der Waals surface area (Å²) in [6.45, 7) is 4.56. The Morgan fingerprint density at radius 2 is 0.536 bits per heavy atom. The van der Waals surface area contributed by atoms with Crippen molar-refractivity contribution in [3.63, 3.8) is 0 Å². The highest BCUT2D eigenvalue weighted by molar-refractivity contribution is 5.44. The van der Waals surface area contributed by atoms with Gasteiger partial charge in [0.2, 0.25) is 0 Å². The molecule has 0 fully saturated rings. The van der Waals surface area contributed by atoms with E-state index in [2.05, 4.69) is 86.6 Å². The maximum atomic E-state index is 5.95. The fourth-order valence-corrected chi connectivity index (χ4v) is 8.64. The molecule has 0 spiro atoms. The van der Waals surface area contributed by atoms with Crippen LogP contribution in [-0.2, 0) is 12.8 Å². The fourth-order valence-electron chi connectivity index (χ4n) is 8.64. The number of aryl methyl sites for hydroxylation is 2. The quantitative estimate of drug-likeness (QED) is 0.0397. The van der Waals surface area contributed by atoms with Gasteiger partial charge in [-0.2, -0.15) is 0 Å². The van der Waals surface area contributed by atoms with Crippen molar-refractivity contribution in [2.75, 3.05) is 11.5 Å². The van der Waals surface area contributed by atoms with Crippen LogP contribution in [0, 0.1) is 0 Å². The highest BCUT2D eigenvalue weighted by Crippen LogP contribution is 2.32. The predicted octanol–water partition coefficient (Wildman–Crippen LogP) is 16.3. The van der Waals surface area contributed by atoms with Gasteiger partial charge >= 0.3 is 0 Å². The standard InChI is InChI=1S/C54H80N2/c1-3-5-27-53(49-37-41-51(55)42-38-49)47-33-29-45(30-34-47)25-23-21-19-17-15-13-11-9-7-8-10-12-14-16-18-20-22-24-26-46-31-35-48(36-32-46)54(28-6-4-2)50-39-43-52(56)44-40-50/h29-44,53-54H,3-28,55-56H2,1-2H3. The van der Waals surface area contributed by atoms with E-state index in [4.69, 9.17) is 11.5 Å². The average Bonchev–Trinajstić information content (AvgIpc) is 3.22. The zero-order chi connectivity index (χ0) is 39.5. The van der Waals surface area contributed by atoms with Crippen molar-refractivity contribution in [2.24, 2.45) is 0 Å². The normalized spacial score (nSPS) is 12.5. The Morgan fingerprint density at radius 3 is 0.786 bits per heavy atom. The molecule has 0 saturated carbocycles. The van der Waals surface area contributed by atoms with Crippen LogP contribution in [0.5, 0.6) is 0 Å². The highest BCUT2D eigenvalue weighted by atomic mass is 14.5. The summed E-state index contributed by atoms with van der Waals surface area (Å²) < 4.78 is 0. The molecule has 0 radical (unpaired) electrons. The first kappa shape index (κ1) is 45.2. The number of unbranched alkanes of at least 4 members (excludes halogenated alkanes) is 19. The van der Waals surface area contributed by atoms with E-state index in [0.717, 1.165) is 11.4 Å². The maximum Gasteiger partial charge on any atom is 0.0314 e. The minimum absolute atomic E-state index is 0.471. The van der Waals surface area contributed by atoms with Crippen molar-refractivity contribution in [3.8, 4) is 0 Å². The van der Waals surface area contributed by atoms with Gasteiger partial charge in [0, 0.05) is 23.2 Å². The summed E-state index contributed by atoms with van der Waals surface area (Å²) in [5.74, 6) is 0.942. The third-order valence-corrected chi connectivity index (χ3v) is 12.3. The molecule has 0 heterocycles. The molecule has 4 rings (SSSR count). The fraction of sp³-hybridized carbons (Fsp3) is 0.556. The van der Waals surface area contributed by atoms with Crippen molar-refractivity contribution in [1.82, 2.24) is 0 Å². The van der Waals surface area contributed by atoms with Crippen LogP contribution >= 0.6 is 0 Å². The molecule has 2 atom stereocenters. The molecular formula is C54H80N2. The molecule has 0 aliphatic carbocycles. The number of benzene rings is 4. The number of rotatable bonds is 31. The maximum absolute atomic E-state index is 5.95. The lowest BCUT2D eigenvalue weighted by atomic mass is 9.86. The van der Waals surface area contributed by atoms with Crippen molar-refractivity contribution < 1.29 is 0 Å². The van der Waals surface area contributed by atoms with Gasteiger partial charge < -0.3 is 11.5 Å². The van der Waals surface area contributed by atoms with Crippen LogP contribution in [0.2, 0.25) is 0 Å². The third kappa shape index (κ3) is 17.7. The Hall–Kier alpha value is -3.52. The number of nitrogens with two attached hydrogens (primary N) is 2. The molecule has 56 heavy (non-hydrogen) atoms. The molecule has 0 amide bonds. The Kier molecular flexibility index (Phi) is 22.6. The zero-order valence-corrected chi connectivity index (χ0v) is 35.9. The summed E-state index contributed by atoms with van der Waals surface area (Å²) >= 11 is 0. The van der Waals surface area contributed by atoms with E-state index in [1.54, 1.807) is 0 Å². The van der Waals surface area contributed by atoms with Gasteiger partial charge in [-0.05, 0) is 96.2 Å². The SMILES string of the molecule is CCCCC(c1ccc(N)cc1)c1ccc(CCCCCCCCCCCCCCCCCCCCc2ccc(C(CCCC)c3ccc(N)cc3)cc2)cc1. The monoisotopic (exact) mass is 757 g/mol. The van der Waals surface area contributed by atoms with Crippen LogP contribution in [-0.4, -0.2) is 0 Å². The molecule has 4 aromatic rings. The van der Waals surface area contributed by atoms with Gasteiger partial charge in [-0.3, -0.25) is 0 Å². The largest absolute Gasteiger partial charge is 0.399 e. The van der Waals surface area contributed by atoms with E-state index in [1.165, 1.54) is 200 Å². The Morgan fingerprint density at radius 1 is 0.304 bits per heavy atom. The minimum Gasteiger partial charge on any atom is -0.399 e. The summed E-state index contributed by atoms with van der Waals surface area (Å²) in [5, 5.41) is 0. The van der Waals surface area contributed by atoms with Crippen molar-refractivity contribution in [2.45, 2.75) is 193 Å². The average molecular weight is 757 g/mol.